The van der Waals surface area contributed by atoms with Gasteiger partial charge in [-0.15, -0.1) is 0 Å². The van der Waals surface area contributed by atoms with Crippen LogP contribution in [0.25, 0.3) is 15.8 Å². The van der Waals surface area contributed by atoms with E-state index in [0.29, 0.717) is 0 Å². The van der Waals surface area contributed by atoms with Crippen LogP contribution in [-0.2, 0) is 0 Å². The second kappa shape index (κ2) is 6.15. The molecule has 0 N–H and O–H groups in total. The van der Waals surface area contributed by atoms with Crippen molar-refractivity contribution in [2.75, 3.05) is 0 Å². The van der Waals surface area contributed by atoms with Crippen LogP contribution in [0.3, 0.4) is 0 Å². The highest BCUT2D eigenvalue weighted by atomic mass is 35.5. The van der Waals surface area contributed by atoms with Gasteiger partial charge in [0.05, 0.1) is 0 Å². The third kappa shape index (κ3) is 3.01. The highest BCUT2D eigenvalue weighted by Gasteiger charge is 2.08. The molecule has 0 spiro atoms. The average molecular weight is 293 g/mol. The summed E-state index contributed by atoms with van der Waals surface area (Å²) in [6.07, 6.45) is 2.12. The summed E-state index contributed by atoms with van der Waals surface area (Å²) in [6.45, 7) is 2.19. The van der Waals surface area contributed by atoms with Gasteiger partial charge in [-0.25, -0.2) is 0 Å². The largest absolute Gasteiger partial charge is 0.0840 e. The van der Waals surface area contributed by atoms with Gasteiger partial charge >= 0.3 is 0 Å². The third-order valence-electron chi connectivity index (χ3n) is 3.76. The highest BCUT2D eigenvalue weighted by molar-refractivity contribution is 6.48. The third-order valence-corrected chi connectivity index (χ3v) is 4.10. The predicted octanol–water partition coefficient (Wildman–Crippen LogP) is 6.22. The summed E-state index contributed by atoms with van der Waals surface area (Å²) in [5, 5.41) is 3.36. The quantitative estimate of drug-likeness (QED) is 0.537. The Kier molecular flexibility index (Phi) is 4.08. The molecule has 0 bridgehead atoms. The lowest BCUT2D eigenvalue weighted by molar-refractivity contribution is 0.984. The summed E-state index contributed by atoms with van der Waals surface area (Å²) in [7, 11) is 0. The smallest absolute Gasteiger partial charge is 0.0444 e. The minimum Gasteiger partial charge on any atom is -0.0840 e. The van der Waals surface area contributed by atoms with Crippen LogP contribution in [-0.4, -0.2) is 0 Å². The molecule has 104 valence electrons. The molecule has 0 saturated carbocycles. The van der Waals surface area contributed by atoms with Crippen LogP contribution in [0.4, 0.5) is 0 Å². The van der Waals surface area contributed by atoms with Gasteiger partial charge in [-0.05, 0) is 21.9 Å². The zero-order valence-electron chi connectivity index (χ0n) is 12.0. The molecule has 1 atom stereocenters. The Hall–Kier alpha value is -2.05. The average Bonchev–Trinajstić information content (AvgIpc) is 2.55. The van der Waals surface area contributed by atoms with Crippen molar-refractivity contribution >= 4 is 27.4 Å². The normalized spacial score (nSPS) is 13.3. The Labute approximate surface area is 130 Å². The van der Waals surface area contributed by atoms with Crippen LogP contribution in [0, 0.1) is 0 Å². The Morgan fingerprint density at radius 1 is 0.857 bits per heavy atom. The van der Waals surface area contributed by atoms with Gasteiger partial charge in [-0.2, -0.15) is 0 Å². The molecule has 0 aliphatic rings. The van der Waals surface area contributed by atoms with Crippen molar-refractivity contribution in [3.8, 4) is 0 Å². The number of hydrogen-bond acceptors (Lipinski definition) is 0. The first-order chi connectivity index (χ1) is 10.3. The summed E-state index contributed by atoms with van der Waals surface area (Å²) in [5.41, 5.74) is 2.37. The van der Waals surface area contributed by atoms with Crippen LogP contribution < -0.4 is 0 Å². The van der Waals surface area contributed by atoms with Crippen LogP contribution in [0.15, 0.2) is 78.9 Å². The van der Waals surface area contributed by atoms with E-state index >= 15 is 0 Å². The van der Waals surface area contributed by atoms with Crippen molar-refractivity contribution in [1.29, 1.82) is 0 Å². The summed E-state index contributed by atoms with van der Waals surface area (Å²) in [6, 6.07) is 25.0. The van der Waals surface area contributed by atoms with Crippen LogP contribution >= 0.6 is 11.6 Å². The Bertz CT molecular complexity index is 767. The Balaban J connectivity index is 1.99. The first kappa shape index (κ1) is 13.9. The van der Waals surface area contributed by atoms with Crippen molar-refractivity contribution in [3.05, 3.63) is 90.0 Å². The summed E-state index contributed by atoms with van der Waals surface area (Å²) < 4.78 is 0. The van der Waals surface area contributed by atoms with E-state index in [0.717, 1.165) is 10.6 Å². The zero-order chi connectivity index (χ0) is 14.7. The fourth-order valence-electron chi connectivity index (χ4n) is 2.65. The van der Waals surface area contributed by atoms with Crippen LogP contribution in [0.1, 0.15) is 24.0 Å². The van der Waals surface area contributed by atoms with E-state index in [2.05, 4.69) is 55.5 Å². The molecule has 0 aliphatic heterocycles. The van der Waals surface area contributed by atoms with E-state index in [1.807, 2.05) is 30.3 Å². The van der Waals surface area contributed by atoms with E-state index in [9.17, 15) is 0 Å². The second-order valence-corrected chi connectivity index (χ2v) is 5.64. The summed E-state index contributed by atoms with van der Waals surface area (Å²) in [5.74, 6) is 0.267. The standard InChI is InChI=1S/C20H17Cl/c1-15(14-20(21)17-9-3-2-4-10-17)18-13-7-11-16-8-5-6-12-19(16)18/h2-15H,1H3/b20-14+. The van der Waals surface area contributed by atoms with E-state index in [-0.39, 0.29) is 5.92 Å². The summed E-state index contributed by atoms with van der Waals surface area (Å²) in [4.78, 5) is 0. The first-order valence-corrected chi connectivity index (χ1v) is 7.54. The number of hydrogen-bond donors (Lipinski definition) is 0. The van der Waals surface area contributed by atoms with Gasteiger partial charge < -0.3 is 0 Å². The van der Waals surface area contributed by atoms with E-state index in [4.69, 9.17) is 11.6 Å². The predicted molar refractivity (Wildman–Crippen MR) is 92.6 cm³/mol. The molecule has 0 heterocycles. The van der Waals surface area contributed by atoms with Gasteiger partial charge in [0.25, 0.3) is 0 Å². The molecule has 1 unspecified atom stereocenters. The second-order valence-electron chi connectivity index (χ2n) is 5.24. The molecule has 21 heavy (non-hydrogen) atoms. The van der Waals surface area contributed by atoms with Crippen LogP contribution in [0.2, 0.25) is 0 Å². The van der Waals surface area contributed by atoms with Crippen LogP contribution in [0.5, 0.6) is 0 Å². The van der Waals surface area contributed by atoms with E-state index in [1.165, 1.54) is 16.3 Å². The van der Waals surface area contributed by atoms with Crippen molar-refractivity contribution in [3.63, 3.8) is 0 Å². The maximum Gasteiger partial charge on any atom is 0.0444 e. The molecule has 0 aromatic heterocycles. The number of benzene rings is 3. The zero-order valence-corrected chi connectivity index (χ0v) is 12.7. The molecule has 0 fully saturated rings. The van der Waals surface area contributed by atoms with Gasteiger partial charge in [0.15, 0.2) is 0 Å². The van der Waals surface area contributed by atoms with Crippen molar-refractivity contribution in [1.82, 2.24) is 0 Å². The molecule has 3 aromatic carbocycles. The maximum absolute atomic E-state index is 6.46. The molecule has 0 amide bonds. The van der Waals surface area contributed by atoms with Gasteiger partial charge in [-0.3, -0.25) is 0 Å². The van der Waals surface area contributed by atoms with Crippen molar-refractivity contribution in [2.24, 2.45) is 0 Å². The van der Waals surface area contributed by atoms with Crippen molar-refractivity contribution < 1.29 is 0 Å². The van der Waals surface area contributed by atoms with Gasteiger partial charge in [0.1, 0.15) is 0 Å². The van der Waals surface area contributed by atoms with E-state index < -0.39 is 0 Å². The molecule has 3 aromatic rings. The molecule has 0 saturated heterocycles. The van der Waals surface area contributed by atoms with Gasteiger partial charge in [0.2, 0.25) is 0 Å². The SMILES string of the molecule is CC(/C=C(/Cl)c1ccccc1)c1cccc2ccccc12. The highest BCUT2D eigenvalue weighted by Crippen LogP contribution is 2.30. The molecule has 0 aliphatic carbocycles. The monoisotopic (exact) mass is 292 g/mol. The lowest BCUT2D eigenvalue weighted by Gasteiger charge is -2.12. The Morgan fingerprint density at radius 2 is 1.52 bits per heavy atom. The number of rotatable bonds is 3. The molecule has 1 heteroatoms. The number of fused-ring (bicyclic) bond motifs is 1. The molecule has 3 rings (SSSR count). The topological polar surface area (TPSA) is 0 Å². The molecule has 0 nitrogen and oxygen atoms in total. The number of halogens is 1. The van der Waals surface area contributed by atoms with Gasteiger partial charge in [0, 0.05) is 11.0 Å². The van der Waals surface area contributed by atoms with E-state index in [1.54, 1.807) is 0 Å². The molecular formula is C20H17Cl. The minimum atomic E-state index is 0.267. The summed E-state index contributed by atoms with van der Waals surface area (Å²) >= 11 is 6.46. The van der Waals surface area contributed by atoms with Gasteiger partial charge in [-0.1, -0.05) is 97.4 Å². The fourth-order valence-corrected chi connectivity index (χ4v) is 2.97. The fraction of sp³-hybridized carbons (Fsp3) is 0.100. The lowest BCUT2D eigenvalue weighted by atomic mass is 9.94. The molecule has 0 radical (unpaired) electrons. The lowest BCUT2D eigenvalue weighted by Crippen LogP contribution is -1.92. The maximum atomic E-state index is 6.46. The number of allylic oxidation sites excluding steroid dienone is 1. The first-order valence-electron chi connectivity index (χ1n) is 7.16. The minimum absolute atomic E-state index is 0.267. The van der Waals surface area contributed by atoms with Crippen molar-refractivity contribution in [2.45, 2.75) is 12.8 Å². The molecular weight excluding hydrogens is 276 g/mol. The Morgan fingerprint density at radius 3 is 2.33 bits per heavy atom.